The van der Waals surface area contributed by atoms with Crippen molar-refractivity contribution in [1.29, 1.82) is 5.26 Å². The SMILES string of the molecule is N#Cc1cc(I)cc(C(=O)CCl)c1[N+](=O)[O-]. The van der Waals surface area contributed by atoms with Crippen molar-refractivity contribution in [2.24, 2.45) is 0 Å². The maximum absolute atomic E-state index is 11.4. The Morgan fingerprint density at radius 3 is 2.69 bits per heavy atom. The van der Waals surface area contributed by atoms with Crippen molar-refractivity contribution in [2.75, 3.05) is 5.88 Å². The zero-order chi connectivity index (χ0) is 12.3. The molecule has 5 nitrogen and oxygen atoms in total. The number of rotatable bonds is 3. The summed E-state index contributed by atoms with van der Waals surface area (Å²) in [4.78, 5) is 21.5. The van der Waals surface area contributed by atoms with E-state index in [2.05, 4.69) is 0 Å². The number of hydrogen-bond donors (Lipinski definition) is 0. The topological polar surface area (TPSA) is 84.0 Å². The Bertz CT molecular complexity index is 510. The number of nitrogens with zero attached hydrogens (tertiary/aromatic N) is 2. The predicted octanol–water partition coefficient (Wildman–Crippen LogP) is 2.49. The lowest BCUT2D eigenvalue weighted by molar-refractivity contribution is -0.385. The smallest absolute Gasteiger partial charge is 0.293 e. The van der Waals surface area contributed by atoms with E-state index in [-0.39, 0.29) is 17.0 Å². The van der Waals surface area contributed by atoms with Crippen molar-refractivity contribution in [3.63, 3.8) is 0 Å². The molecule has 0 saturated heterocycles. The van der Waals surface area contributed by atoms with Gasteiger partial charge in [0.2, 0.25) is 0 Å². The summed E-state index contributed by atoms with van der Waals surface area (Å²) < 4.78 is 0.577. The van der Waals surface area contributed by atoms with Crippen LogP contribution in [0.1, 0.15) is 15.9 Å². The van der Waals surface area contributed by atoms with Crippen LogP contribution in [0.3, 0.4) is 0 Å². The van der Waals surface area contributed by atoms with E-state index < -0.39 is 16.4 Å². The molecule has 1 rings (SSSR count). The summed E-state index contributed by atoms with van der Waals surface area (Å²) >= 11 is 7.23. The number of hydrogen-bond acceptors (Lipinski definition) is 4. The molecule has 0 atom stereocenters. The number of Topliss-reactive ketones (excluding diaryl/α,β-unsaturated/α-hetero) is 1. The predicted molar refractivity (Wildman–Crippen MR) is 65.6 cm³/mol. The molecule has 0 bridgehead atoms. The standard InChI is InChI=1S/C9H4ClIN2O3/c10-3-8(14)7-2-6(11)1-5(4-12)9(7)13(15)16/h1-2H,3H2. The highest BCUT2D eigenvalue weighted by Gasteiger charge is 2.24. The lowest BCUT2D eigenvalue weighted by Gasteiger charge is -2.02. The van der Waals surface area contributed by atoms with Gasteiger partial charge in [0.25, 0.3) is 5.69 Å². The van der Waals surface area contributed by atoms with Gasteiger partial charge in [-0.2, -0.15) is 5.26 Å². The highest BCUT2D eigenvalue weighted by atomic mass is 127. The number of carbonyl (C=O) groups excluding carboxylic acids is 1. The van der Waals surface area contributed by atoms with Crippen LogP contribution in [0.25, 0.3) is 0 Å². The molecule has 7 heteroatoms. The van der Waals surface area contributed by atoms with Gasteiger partial charge in [-0.1, -0.05) is 0 Å². The minimum Gasteiger partial charge on any atom is -0.293 e. The zero-order valence-corrected chi connectivity index (χ0v) is 10.7. The lowest BCUT2D eigenvalue weighted by atomic mass is 10.1. The number of nitriles is 1. The molecule has 0 N–H and O–H groups in total. The molecule has 0 aliphatic carbocycles. The van der Waals surface area contributed by atoms with Gasteiger partial charge < -0.3 is 0 Å². The van der Waals surface area contributed by atoms with E-state index in [9.17, 15) is 14.9 Å². The summed E-state index contributed by atoms with van der Waals surface area (Å²) in [7, 11) is 0. The fourth-order valence-electron chi connectivity index (χ4n) is 1.17. The minimum atomic E-state index is -0.742. The third kappa shape index (κ3) is 2.48. The van der Waals surface area contributed by atoms with E-state index >= 15 is 0 Å². The molecular weight excluding hydrogens is 346 g/mol. The third-order valence-corrected chi connectivity index (χ3v) is 2.67. The molecule has 0 saturated carbocycles. The Morgan fingerprint density at radius 1 is 1.62 bits per heavy atom. The molecule has 0 fully saturated rings. The number of halogens is 2. The van der Waals surface area contributed by atoms with Crippen LogP contribution in [0.4, 0.5) is 5.69 Å². The second kappa shape index (κ2) is 5.23. The van der Waals surface area contributed by atoms with Crippen LogP contribution in [-0.2, 0) is 0 Å². The third-order valence-electron chi connectivity index (χ3n) is 1.80. The van der Waals surface area contributed by atoms with Crippen LogP contribution in [0.5, 0.6) is 0 Å². The van der Waals surface area contributed by atoms with Crippen LogP contribution in [0.15, 0.2) is 12.1 Å². The Labute approximate surface area is 109 Å². The van der Waals surface area contributed by atoms with Gasteiger partial charge >= 0.3 is 0 Å². The summed E-state index contributed by atoms with van der Waals surface area (Å²) in [6.07, 6.45) is 0. The summed E-state index contributed by atoms with van der Waals surface area (Å²) in [6, 6.07) is 4.40. The largest absolute Gasteiger partial charge is 0.297 e. The first-order chi connectivity index (χ1) is 7.51. The molecule has 0 unspecified atom stereocenters. The molecule has 0 aromatic heterocycles. The molecular formula is C9H4ClIN2O3. The van der Waals surface area contributed by atoms with Crippen molar-refractivity contribution in [3.05, 3.63) is 36.9 Å². The normalized spacial score (nSPS) is 9.56. The molecule has 0 aliphatic heterocycles. The maximum atomic E-state index is 11.4. The zero-order valence-electron chi connectivity index (χ0n) is 7.74. The van der Waals surface area contributed by atoms with Crippen molar-refractivity contribution in [2.45, 2.75) is 0 Å². The highest BCUT2D eigenvalue weighted by molar-refractivity contribution is 14.1. The van der Waals surface area contributed by atoms with Crippen LogP contribution in [0.2, 0.25) is 0 Å². The van der Waals surface area contributed by atoms with Crippen LogP contribution < -0.4 is 0 Å². The molecule has 82 valence electrons. The van der Waals surface area contributed by atoms with E-state index in [0.29, 0.717) is 3.57 Å². The molecule has 1 aromatic rings. The van der Waals surface area contributed by atoms with E-state index in [4.69, 9.17) is 16.9 Å². The molecule has 1 aromatic carbocycles. The van der Waals surface area contributed by atoms with Gasteiger partial charge in [0.1, 0.15) is 11.6 Å². The summed E-state index contributed by atoms with van der Waals surface area (Å²) in [5, 5.41) is 19.6. The first kappa shape index (κ1) is 12.9. The van der Waals surface area contributed by atoms with Gasteiger partial charge in [0.05, 0.1) is 16.4 Å². The van der Waals surface area contributed by atoms with E-state index in [0.717, 1.165) is 0 Å². The molecule has 0 heterocycles. The quantitative estimate of drug-likeness (QED) is 0.276. The average Bonchev–Trinajstić information content (AvgIpc) is 2.26. The molecule has 0 radical (unpaired) electrons. The number of carbonyl (C=O) groups is 1. The number of nitro groups is 1. The summed E-state index contributed by atoms with van der Waals surface area (Å²) in [6.45, 7) is 0. The van der Waals surface area contributed by atoms with Crippen molar-refractivity contribution < 1.29 is 9.72 Å². The lowest BCUT2D eigenvalue weighted by Crippen LogP contribution is -2.07. The minimum absolute atomic E-state index is 0.122. The van der Waals surface area contributed by atoms with Gasteiger partial charge in [-0.3, -0.25) is 14.9 Å². The first-order valence-electron chi connectivity index (χ1n) is 3.98. The number of benzene rings is 1. The molecule has 0 aliphatic rings. The second-order valence-corrected chi connectivity index (χ2v) is 4.29. The summed E-state index contributed by atoms with van der Waals surface area (Å²) in [5.41, 5.74) is -0.734. The van der Waals surface area contributed by atoms with Crippen LogP contribution in [-0.4, -0.2) is 16.6 Å². The Hall–Kier alpha value is -1.20. The van der Waals surface area contributed by atoms with Crippen molar-refractivity contribution in [1.82, 2.24) is 0 Å². The Morgan fingerprint density at radius 2 is 2.25 bits per heavy atom. The molecule has 0 amide bonds. The first-order valence-corrected chi connectivity index (χ1v) is 5.59. The van der Waals surface area contributed by atoms with E-state index in [1.54, 1.807) is 6.07 Å². The summed E-state index contributed by atoms with van der Waals surface area (Å²) in [5.74, 6) is -0.922. The van der Waals surface area contributed by atoms with Gasteiger partial charge in [0, 0.05) is 3.57 Å². The molecule has 0 spiro atoms. The Balaban J connectivity index is 3.58. The van der Waals surface area contributed by atoms with Crippen LogP contribution >= 0.6 is 34.2 Å². The second-order valence-electron chi connectivity index (χ2n) is 2.78. The number of alkyl halides is 1. The van der Waals surface area contributed by atoms with Crippen molar-refractivity contribution >= 4 is 45.7 Å². The van der Waals surface area contributed by atoms with Gasteiger partial charge in [0.15, 0.2) is 5.78 Å². The van der Waals surface area contributed by atoms with Crippen molar-refractivity contribution in [3.8, 4) is 6.07 Å². The van der Waals surface area contributed by atoms with Crippen LogP contribution in [0, 0.1) is 25.0 Å². The van der Waals surface area contributed by atoms with E-state index in [1.165, 1.54) is 12.1 Å². The molecule has 16 heavy (non-hydrogen) atoms. The fraction of sp³-hybridized carbons (Fsp3) is 0.111. The average molecular weight is 350 g/mol. The van der Waals surface area contributed by atoms with E-state index in [1.807, 2.05) is 22.6 Å². The van der Waals surface area contributed by atoms with Gasteiger partial charge in [-0.15, -0.1) is 11.6 Å². The fourth-order valence-corrected chi connectivity index (χ4v) is 1.93. The number of ketones is 1. The monoisotopic (exact) mass is 350 g/mol. The number of nitro benzene ring substituents is 1. The highest BCUT2D eigenvalue weighted by Crippen LogP contribution is 2.26. The van der Waals surface area contributed by atoms with Gasteiger partial charge in [-0.25, -0.2) is 0 Å². The Kier molecular flexibility index (Phi) is 4.20. The van der Waals surface area contributed by atoms with Gasteiger partial charge in [-0.05, 0) is 34.7 Å². The maximum Gasteiger partial charge on any atom is 0.297 e.